The third kappa shape index (κ3) is 1.45. The third-order valence-corrected chi connectivity index (χ3v) is 5.01. The van der Waals surface area contributed by atoms with Crippen molar-refractivity contribution in [1.29, 1.82) is 0 Å². The quantitative estimate of drug-likeness (QED) is 0.761. The second-order valence-corrected chi connectivity index (χ2v) is 5.49. The van der Waals surface area contributed by atoms with Gasteiger partial charge in [-0.25, -0.2) is 0 Å². The van der Waals surface area contributed by atoms with Crippen LogP contribution in [0, 0.1) is 10.8 Å². The molecule has 0 aromatic rings. The van der Waals surface area contributed by atoms with E-state index in [4.69, 9.17) is 0 Å². The van der Waals surface area contributed by atoms with Crippen molar-refractivity contribution in [2.24, 2.45) is 10.8 Å². The van der Waals surface area contributed by atoms with Gasteiger partial charge in [0.05, 0.1) is 0 Å². The number of carbonyl (C=O) groups is 1. The van der Waals surface area contributed by atoms with Gasteiger partial charge in [-0.3, -0.25) is 4.79 Å². The standard InChI is InChI=1S/C13H22O2/c1-11(15)13-8-4-2-6-12(13,10-14)7-3-5-9-13/h14H,2-10H2,1H3. The molecule has 0 aliphatic heterocycles. The van der Waals surface area contributed by atoms with E-state index in [0.717, 1.165) is 25.7 Å². The van der Waals surface area contributed by atoms with Crippen LogP contribution < -0.4 is 0 Å². The van der Waals surface area contributed by atoms with Gasteiger partial charge < -0.3 is 5.11 Å². The van der Waals surface area contributed by atoms with Gasteiger partial charge in [0, 0.05) is 17.4 Å². The molecule has 2 nitrogen and oxygen atoms in total. The molecule has 2 aliphatic rings. The van der Waals surface area contributed by atoms with E-state index in [1.807, 2.05) is 0 Å². The van der Waals surface area contributed by atoms with E-state index in [1.165, 1.54) is 25.7 Å². The molecule has 0 atom stereocenters. The number of ketones is 1. The molecule has 0 amide bonds. The average molecular weight is 210 g/mol. The first kappa shape index (κ1) is 11.1. The summed E-state index contributed by atoms with van der Waals surface area (Å²) in [6.07, 6.45) is 8.87. The van der Waals surface area contributed by atoms with Crippen LogP contribution in [0.2, 0.25) is 0 Å². The van der Waals surface area contributed by atoms with Crippen molar-refractivity contribution >= 4 is 5.78 Å². The lowest BCUT2D eigenvalue weighted by atomic mass is 9.49. The molecule has 0 aromatic heterocycles. The molecule has 0 radical (unpaired) electrons. The average Bonchev–Trinajstić information content (AvgIpc) is 2.28. The minimum atomic E-state index is -0.168. The zero-order valence-corrected chi connectivity index (χ0v) is 9.72. The smallest absolute Gasteiger partial charge is 0.136 e. The first-order valence-electron chi connectivity index (χ1n) is 6.29. The highest BCUT2D eigenvalue weighted by Gasteiger charge is 2.55. The molecule has 0 bridgehead atoms. The Hall–Kier alpha value is -0.370. The Morgan fingerprint density at radius 2 is 1.53 bits per heavy atom. The highest BCUT2D eigenvalue weighted by Crippen LogP contribution is 2.59. The molecule has 0 aromatic carbocycles. The van der Waals surface area contributed by atoms with Crippen molar-refractivity contribution in [3.05, 3.63) is 0 Å². The first-order valence-corrected chi connectivity index (χ1v) is 6.29. The number of fused-ring (bicyclic) bond motifs is 1. The van der Waals surface area contributed by atoms with Gasteiger partial charge in [-0.1, -0.05) is 25.7 Å². The second-order valence-electron chi connectivity index (χ2n) is 5.49. The number of carbonyl (C=O) groups excluding carboxylic acids is 1. The van der Waals surface area contributed by atoms with Crippen molar-refractivity contribution in [1.82, 2.24) is 0 Å². The van der Waals surface area contributed by atoms with Gasteiger partial charge in [0.1, 0.15) is 5.78 Å². The maximum Gasteiger partial charge on any atom is 0.136 e. The number of rotatable bonds is 2. The summed E-state index contributed by atoms with van der Waals surface area (Å²) >= 11 is 0. The number of Topliss-reactive ketones (excluding diaryl/α,β-unsaturated/α-hetero) is 1. The summed E-state index contributed by atoms with van der Waals surface area (Å²) in [7, 11) is 0. The minimum absolute atomic E-state index is 0.0602. The molecule has 0 unspecified atom stereocenters. The van der Waals surface area contributed by atoms with Gasteiger partial charge in [-0.2, -0.15) is 0 Å². The lowest BCUT2D eigenvalue weighted by molar-refractivity contribution is -0.151. The number of hydrogen-bond acceptors (Lipinski definition) is 2. The molecule has 2 fully saturated rings. The predicted molar refractivity (Wildman–Crippen MR) is 59.6 cm³/mol. The summed E-state index contributed by atoms with van der Waals surface area (Å²) in [6.45, 7) is 1.95. The molecule has 2 heteroatoms. The monoisotopic (exact) mass is 210 g/mol. The van der Waals surface area contributed by atoms with Crippen LogP contribution in [-0.2, 0) is 4.79 Å². The zero-order chi connectivity index (χ0) is 10.9. The molecular weight excluding hydrogens is 188 g/mol. The molecule has 2 aliphatic carbocycles. The Morgan fingerprint density at radius 3 is 1.87 bits per heavy atom. The largest absolute Gasteiger partial charge is 0.396 e. The fourth-order valence-electron chi connectivity index (χ4n) is 4.07. The highest BCUT2D eigenvalue weighted by molar-refractivity contribution is 5.83. The summed E-state index contributed by atoms with van der Waals surface area (Å²) in [5.41, 5.74) is -0.229. The van der Waals surface area contributed by atoms with Gasteiger partial charge in [0.25, 0.3) is 0 Å². The number of aliphatic hydroxyl groups excluding tert-OH is 1. The van der Waals surface area contributed by atoms with Crippen molar-refractivity contribution in [3.8, 4) is 0 Å². The van der Waals surface area contributed by atoms with Gasteiger partial charge >= 0.3 is 0 Å². The van der Waals surface area contributed by atoms with E-state index in [0.29, 0.717) is 5.78 Å². The maximum atomic E-state index is 12.0. The SMILES string of the molecule is CC(=O)C12CCCCC1(CO)CCCC2. The van der Waals surface area contributed by atoms with Crippen molar-refractivity contribution in [2.75, 3.05) is 6.61 Å². The number of hydrogen-bond donors (Lipinski definition) is 1. The summed E-state index contributed by atoms with van der Waals surface area (Å²) in [5.74, 6) is 0.330. The normalized spacial score (nSPS) is 40.9. The van der Waals surface area contributed by atoms with Crippen molar-refractivity contribution in [2.45, 2.75) is 58.3 Å². The van der Waals surface area contributed by atoms with E-state index in [-0.39, 0.29) is 17.4 Å². The van der Waals surface area contributed by atoms with Crippen LogP contribution in [0.3, 0.4) is 0 Å². The fourth-order valence-corrected chi connectivity index (χ4v) is 4.07. The maximum absolute atomic E-state index is 12.0. The first-order chi connectivity index (χ1) is 7.17. The van der Waals surface area contributed by atoms with E-state index in [9.17, 15) is 9.90 Å². The molecule has 2 saturated carbocycles. The topological polar surface area (TPSA) is 37.3 Å². The molecule has 1 N–H and O–H groups in total. The van der Waals surface area contributed by atoms with Gasteiger partial charge in [0.15, 0.2) is 0 Å². The third-order valence-electron chi connectivity index (χ3n) is 5.01. The van der Waals surface area contributed by atoms with Crippen LogP contribution >= 0.6 is 0 Å². The lowest BCUT2D eigenvalue weighted by Crippen LogP contribution is -2.53. The van der Waals surface area contributed by atoms with Crippen LogP contribution in [0.5, 0.6) is 0 Å². The fraction of sp³-hybridized carbons (Fsp3) is 0.923. The van der Waals surface area contributed by atoms with Gasteiger partial charge in [-0.05, 0) is 32.6 Å². The van der Waals surface area contributed by atoms with Gasteiger partial charge in [0.2, 0.25) is 0 Å². The highest BCUT2D eigenvalue weighted by atomic mass is 16.3. The predicted octanol–water partition coefficient (Wildman–Crippen LogP) is 2.69. The Labute approximate surface area is 92.1 Å². The van der Waals surface area contributed by atoms with Crippen molar-refractivity contribution < 1.29 is 9.90 Å². The van der Waals surface area contributed by atoms with Crippen LogP contribution in [-0.4, -0.2) is 17.5 Å². The molecule has 0 saturated heterocycles. The van der Waals surface area contributed by atoms with Crippen LogP contribution in [0.1, 0.15) is 58.3 Å². The van der Waals surface area contributed by atoms with E-state index in [1.54, 1.807) is 6.92 Å². The molecule has 0 heterocycles. The van der Waals surface area contributed by atoms with Crippen LogP contribution in [0.25, 0.3) is 0 Å². The molecule has 15 heavy (non-hydrogen) atoms. The molecule has 0 spiro atoms. The molecular formula is C13H22O2. The summed E-state index contributed by atoms with van der Waals surface area (Å²) in [6, 6.07) is 0. The van der Waals surface area contributed by atoms with Crippen LogP contribution in [0.4, 0.5) is 0 Å². The lowest BCUT2D eigenvalue weighted by Gasteiger charge is -2.54. The van der Waals surface area contributed by atoms with E-state index >= 15 is 0 Å². The summed E-state index contributed by atoms with van der Waals surface area (Å²) in [4.78, 5) is 12.0. The number of aliphatic hydroxyl groups is 1. The Bertz CT molecular complexity index is 245. The van der Waals surface area contributed by atoms with E-state index < -0.39 is 0 Å². The summed E-state index contributed by atoms with van der Waals surface area (Å²) in [5, 5.41) is 9.74. The Morgan fingerprint density at radius 1 is 1.07 bits per heavy atom. The molecule has 2 rings (SSSR count). The van der Waals surface area contributed by atoms with Gasteiger partial charge in [-0.15, -0.1) is 0 Å². The van der Waals surface area contributed by atoms with E-state index in [2.05, 4.69) is 0 Å². The Balaban J connectivity index is 2.37. The van der Waals surface area contributed by atoms with Crippen LogP contribution in [0.15, 0.2) is 0 Å². The second kappa shape index (κ2) is 3.89. The molecule has 86 valence electrons. The minimum Gasteiger partial charge on any atom is -0.396 e. The Kier molecular flexibility index (Phi) is 2.89. The summed E-state index contributed by atoms with van der Waals surface area (Å²) < 4.78 is 0. The van der Waals surface area contributed by atoms with Crippen molar-refractivity contribution in [3.63, 3.8) is 0 Å². The zero-order valence-electron chi connectivity index (χ0n) is 9.72.